The molecule has 0 saturated carbocycles. The zero-order valence-electron chi connectivity index (χ0n) is 19.6. The number of aromatic nitrogens is 1. The summed E-state index contributed by atoms with van der Waals surface area (Å²) >= 11 is 0. The number of unbranched alkanes of at least 4 members (excludes halogenated alkanes) is 1. The fourth-order valence-electron chi connectivity index (χ4n) is 4.19. The summed E-state index contributed by atoms with van der Waals surface area (Å²) in [6.07, 6.45) is 3.79. The van der Waals surface area contributed by atoms with E-state index in [4.69, 9.17) is 0 Å². The molecule has 0 aliphatic rings. The number of aryl methyl sites for hydroxylation is 1. The average molecular weight is 455 g/mol. The number of rotatable bonds is 9. The zero-order valence-corrected chi connectivity index (χ0v) is 19.6. The van der Waals surface area contributed by atoms with E-state index >= 15 is 0 Å². The molecule has 0 aliphatic heterocycles. The molecular weight excluding hydrogens is 424 g/mol. The van der Waals surface area contributed by atoms with E-state index in [1.807, 2.05) is 48.5 Å². The first-order chi connectivity index (χ1) is 16.4. The van der Waals surface area contributed by atoms with Gasteiger partial charge in [0.2, 0.25) is 0 Å². The van der Waals surface area contributed by atoms with E-state index in [-0.39, 0.29) is 11.5 Å². The topological polar surface area (TPSA) is 71.3 Å². The molecule has 34 heavy (non-hydrogen) atoms. The summed E-state index contributed by atoms with van der Waals surface area (Å²) in [7, 11) is 0. The molecule has 4 aromatic rings. The van der Waals surface area contributed by atoms with Gasteiger partial charge in [0.25, 0.3) is 5.91 Å². The highest BCUT2D eigenvalue weighted by Crippen LogP contribution is 2.31. The van der Waals surface area contributed by atoms with Crippen molar-refractivity contribution in [3.05, 3.63) is 95.7 Å². The summed E-state index contributed by atoms with van der Waals surface area (Å²) in [4.78, 5) is 23.9. The molecule has 0 unspecified atom stereocenters. The molecule has 2 N–H and O–H groups in total. The number of carboxylic acids is 1. The van der Waals surface area contributed by atoms with Crippen molar-refractivity contribution in [2.45, 2.75) is 39.2 Å². The summed E-state index contributed by atoms with van der Waals surface area (Å²) in [5.74, 6) is -0.546. The third-order valence-electron chi connectivity index (χ3n) is 6.16. The van der Waals surface area contributed by atoms with Gasteiger partial charge in [-0.2, -0.15) is 0 Å². The molecule has 0 aliphatic carbocycles. The Kier molecular flexibility index (Phi) is 7.12. The van der Waals surface area contributed by atoms with Crippen LogP contribution in [0.5, 0.6) is 0 Å². The number of carboxylic acid groups (broad SMARTS) is 1. The molecule has 0 saturated heterocycles. The molecule has 0 spiro atoms. The van der Waals surface area contributed by atoms with Gasteiger partial charge in [-0.25, -0.2) is 4.79 Å². The third-order valence-corrected chi connectivity index (χ3v) is 6.16. The van der Waals surface area contributed by atoms with Crippen molar-refractivity contribution in [2.24, 2.45) is 0 Å². The van der Waals surface area contributed by atoms with Gasteiger partial charge in [-0.05, 0) is 54.2 Å². The van der Waals surface area contributed by atoms with Crippen molar-refractivity contribution in [1.82, 2.24) is 9.88 Å². The van der Waals surface area contributed by atoms with E-state index < -0.39 is 5.97 Å². The SMILES string of the molecule is CC(C)c1ccc(C(=O)NCCCCn2cc(-c3ccccc3)c3ccc(C(=O)O)cc32)cc1. The van der Waals surface area contributed by atoms with Crippen LogP contribution in [0.25, 0.3) is 22.0 Å². The van der Waals surface area contributed by atoms with Crippen molar-refractivity contribution < 1.29 is 14.7 Å². The van der Waals surface area contributed by atoms with Gasteiger partial charge in [-0.15, -0.1) is 0 Å². The van der Waals surface area contributed by atoms with Gasteiger partial charge >= 0.3 is 5.97 Å². The maximum atomic E-state index is 12.4. The molecule has 0 atom stereocenters. The monoisotopic (exact) mass is 454 g/mol. The molecular formula is C29H30N2O3. The smallest absolute Gasteiger partial charge is 0.335 e. The largest absolute Gasteiger partial charge is 0.478 e. The fourth-order valence-corrected chi connectivity index (χ4v) is 4.19. The van der Waals surface area contributed by atoms with E-state index in [1.54, 1.807) is 12.1 Å². The minimum atomic E-state index is -0.931. The first-order valence-electron chi connectivity index (χ1n) is 11.7. The molecule has 3 aromatic carbocycles. The standard InChI is InChI=1S/C29H30N2O3/c1-20(2)21-10-12-23(13-11-21)28(32)30-16-6-7-17-31-19-26(22-8-4-3-5-9-22)25-15-14-24(29(33)34)18-27(25)31/h3-5,8-15,18-20H,6-7,16-17H2,1-2H3,(H,30,32)(H,33,34). The number of nitrogens with one attached hydrogen (secondary N) is 1. The van der Waals surface area contributed by atoms with E-state index in [1.165, 1.54) is 5.56 Å². The lowest BCUT2D eigenvalue weighted by Gasteiger charge is -2.09. The molecule has 0 radical (unpaired) electrons. The number of amides is 1. The first-order valence-corrected chi connectivity index (χ1v) is 11.7. The lowest BCUT2D eigenvalue weighted by molar-refractivity contribution is 0.0696. The van der Waals surface area contributed by atoms with Crippen LogP contribution in [0.2, 0.25) is 0 Å². The van der Waals surface area contributed by atoms with Crippen molar-refractivity contribution >= 4 is 22.8 Å². The molecule has 1 amide bonds. The summed E-state index contributed by atoms with van der Waals surface area (Å²) in [6, 6.07) is 23.2. The van der Waals surface area contributed by atoms with Gasteiger partial charge in [-0.3, -0.25) is 4.79 Å². The molecule has 1 heterocycles. The molecule has 4 rings (SSSR count). The van der Waals surface area contributed by atoms with Crippen LogP contribution in [-0.2, 0) is 6.54 Å². The second kappa shape index (κ2) is 10.4. The zero-order chi connectivity index (χ0) is 24.1. The maximum absolute atomic E-state index is 12.4. The lowest BCUT2D eigenvalue weighted by Crippen LogP contribution is -2.24. The highest BCUT2D eigenvalue weighted by molar-refractivity contribution is 6.00. The Balaban J connectivity index is 1.41. The molecule has 5 heteroatoms. The Morgan fingerprint density at radius 2 is 1.62 bits per heavy atom. The third kappa shape index (κ3) is 5.20. The van der Waals surface area contributed by atoms with Crippen LogP contribution in [0.4, 0.5) is 0 Å². The number of fused-ring (bicyclic) bond motifs is 1. The Morgan fingerprint density at radius 3 is 2.29 bits per heavy atom. The van der Waals surface area contributed by atoms with Crippen molar-refractivity contribution in [3.8, 4) is 11.1 Å². The average Bonchev–Trinajstić information content (AvgIpc) is 3.22. The van der Waals surface area contributed by atoms with Gasteiger partial charge in [0.1, 0.15) is 0 Å². The number of hydrogen-bond donors (Lipinski definition) is 2. The molecule has 0 fully saturated rings. The minimum absolute atomic E-state index is 0.0563. The Bertz CT molecular complexity index is 1290. The van der Waals surface area contributed by atoms with Crippen molar-refractivity contribution in [3.63, 3.8) is 0 Å². The van der Waals surface area contributed by atoms with Crippen molar-refractivity contribution in [1.29, 1.82) is 0 Å². The van der Waals surface area contributed by atoms with Crippen LogP contribution in [0, 0.1) is 0 Å². The highest BCUT2D eigenvalue weighted by Gasteiger charge is 2.13. The summed E-state index contributed by atoms with van der Waals surface area (Å²) < 4.78 is 2.12. The van der Waals surface area contributed by atoms with Gasteiger partial charge in [0.15, 0.2) is 0 Å². The van der Waals surface area contributed by atoms with Gasteiger partial charge < -0.3 is 15.0 Å². The van der Waals surface area contributed by atoms with Crippen LogP contribution >= 0.6 is 0 Å². The van der Waals surface area contributed by atoms with Gasteiger partial charge in [0.05, 0.1) is 5.56 Å². The summed E-state index contributed by atoms with van der Waals surface area (Å²) in [6.45, 7) is 5.60. The molecule has 1 aromatic heterocycles. The summed E-state index contributed by atoms with van der Waals surface area (Å²) in [5, 5.41) is 13.5. The maximum Gasteiger partial charge on any atom is 0.335 e. The second-order valence-electron chi connectivity index (χ2n) is 8.88. The predicted molar refractivity (Wildman–Crippen MR) is 136 cm³/mol. The number of hydrogen-bond acceptors (Lipinski definition) is 2. The number of aromatic carboxylic acids is 1. The Hall–Kier alpha value is -3.86. The minimum Gasteiger partial charge on any atom is -0.478 e. The normalized spacial score (nSPS) is 11.1. The molecule has 5 nitrogen and oxygen atoms in total. The Labute approximate surface area is 200 Å². The number of nitrogens with zero attached hydrogens (tertiary/aromatic N) is 1. The first kappa shape index (κ1) is 23.3. The van der Waals surface area contributed by atoms with Crippen LogP contribution in [0.3, 0.4) is 0 Å². The summed E-state index contributed by atoms with van der Waals surface area (Å²) in [5.41, 5.74) is 5.27. The quantitative estimate of drug-likeness (QED) is 0.290. The van der Waals surface area contributed by atoms with E-state index in [0.29, 0.717) is 18.0 Å². The Morgan fingerprint density at radius 1 is 0.912 bits per heavy atom. The number of carbonyl (C=O) groups excluding carboxylic acids is 1. The van der Waals surface area contributed by atoms with E-state index in [2.05, 4.69) is 42.1 Å². The van der Waals surface area contributed by atoms with Crippen molar-refractivity contribution in [2.75, 3.05) is 6.54 Å². The van der Waals surface area contributed by atoms with E-state index in [9.17, 15) is 14.7 Å². The lowest BCUT2D eigenvalue weighted by atomic mass is 10.0. The number of carbonyl (C=O) groups is 2. The van der Waals surface area contributed by atoms with E-state index in [0.717, 1.165) is 41.4 Å². The predicted octanol–water partition coefficient (Wildman–Crippen LogP) is 6.34. The van der Waals surface area contributed by atoms with Crippen LogP contribution < -0.4 is 5.32 Å². The second-order valence-corrected chi connectivity index (χ2v) is 8.88. The van der Waals surface area contributed by atoms with Gasteiger partial charge in [0, 0.05) is 41.3 Å². The van der Waals surface area contributed by atoms with Gasteiger partial charge in [-0.1, -0.05) is 62.4 Å². The molecule has 174 valence electrons. The van der Waals surface area contributed by atoms with Crippen LogP contribution in [-0.4, -0.2) is 28.1 Å². The van der Waals surface area contributed by atoms with Crippen LogP contribution in [0.1, 0.15) is 58.9 Å². The highest BCUT2D eigenvalue weighted by atomic mass is 16.4. The fraction of sp³-hybridized carbons (Fsp3) is 0.241. The molecule has 0 bridgehead atoms. The number of benzene rings is 3. The van der Waals surface area contributed by atoms with Crippen LogP contribution in [0.15, 0.2) is 79.0 Å².